The molecular formula is C77H126O6. The van der Waals surface area contributed by atoms with Gasteiger partial charge in [-0.25, -0.2) is 0 Å². The van der Waals surface area contributed by atoms with E-state index in [-0.39, 0.29) is 31.1 Å². The minimum atomic E-state index is -0.785. The molecule has 0 saturated heterocycles. The molecule has 1 atom stereocenters. The molecule has 0 bridgehead atoms. The molecule has 0 saturated carbocycles. The van der Waals surface area contributed by atoms with Crippen LogP contribution in [-0.2, 0) is 28.6 Å². The summed E-state index contributed by atoms with van der Waals surface area (Å²) in [6.07, 6.45) is 100. The third kappa shape index (κ3) is 68.0. The first kappa shape index (κ1) is 78.3. The molecule has 0 aromatic heterocycles. The molecule has 1 unspecified atom stereocenters. The van der Waals surface area contributed by atoms with Crippen molar-refractivity contribution in [3.63, 3.8) is 0 Å². The summed E-state index contributed by atoms with van der Waals surface area (Å²) in [7, 11) is 0. The summed E-state index contributed by atoms with van der Waals surface area (Å²) in [6, 6.07) is 0. The molecular weight excluding hydrogens is 1020 g/mol. The zero-order chi connectivity index (χ0) is 59.9. The molecule has 6 heteroatoms. The predicted molar refractivity (Wildman–Crippen MR) is 362 cm³/mol. The van der Waals surface area contributed by atoms with Crippen LogP contribution in [0.15, 0.2) is 146 Å². The Morgan fingerprint density at radius 3 is 0.735 bits per heavy atom. The number of allylic oxidation sites excluding steroid dienone is 24. The molecule has 0 aliphatic heterocycles. The molecule has 0 aliphatic carbocycles. The van der Waals surface area contributed by atoms with Crippen LogP contribution in [0.2, 0.25) is 0 Å². The summed E-state index contributed by atoms with van der Waals surface area (Å²) in [4.78, 5) is 38.2. The number of carbonyl (C=O) groups is 3. The van der Waals surface area contributed by atoms with Gasteiger partial charge in [0.25, 0.3) is 0 Å². The average Bonchev–Trinajstić information content (AvgIpc) is 3.50. The van der Waals surface area contributed by atoms with Gasteiger partial charge in [-0.2, -0.15) is 0 Å². The highest BCUT2D eigenvalue weighted by molar-refractivity contribution is 5.71. The van der Waals surface area contributed by atoms with Crippen LogP contribution in [0.1, 0.15) is 303 Å². The Balaban J connectivity index is 4.15. The van der Waals surface area contributed by atoms with Gasteiger partial charge in [-0.05, 0) is 122 Å². The SMILES string of the molecule is CC/C=C\C/C=C\C/C=C\C/C=C\C/C=C\C/C=C\C/C=C\C/C=C\CCCCCCCCCCC(=O)OCC(COC(=O)CCCCCCCCC)OC(=O)CCCCCCCCCCCCCC/C=C\C/C=C\C/C=C\C/C=C\CC. The first-order valence-corrected chi connectivity index (χ1v) is 34.3. The highest BCUT2D eigenvalue weighted by atomic mass is 16.6. The van der Waals surface area contributed by atoms with Crippen molar-refractivity contribution in [3.8, 4) is 0 Å². The predicted octanol–water partition coefficient (Wildman–Crippen LogP) is 23.9. The summed E-state index contributed by atoms with van der Waals surface area (Å²) < 4.78 is 16.9. The second kappa shape index (κ2) is 69.8. The van der Waals surface area contributed by atoms with Crippen LogP contribution in [-0.4, -0.2) is 37.2 Å². The molecule has 0 N–H and O–H groups in total. The van der Waals surface area contributed by atoms with Gasteiger partial charge in [0.1, 0.15) is 13.2 Å². The van der Waals surface area contributed by atoms with Crippen molar-refractivity contribution >= 4 is 17.9 Å². The highest BCUT2D eigenvalue weighted by Gasteiger charge is 2.19. The van der Waals surface area contributed by atoms with Crippen LogP contribution in [0.25, 0.3) is 0 Å². The molecule has 6 nitrogen and oxygen atoms in total. The third-order valence-corrected chi connectivity index (χ3v) is 14.3. The van der Waals surface area contributed by atoms with Crippen LogP contribution in [0.5, 0.6) is 0 Å². The van der Waals surface area contributed by atoms with Crippen LogP contribution in [0, 0.1) is 0 Å². The Labute approximate surface area is 512 Å². The van der Waals surface area contributed by atoms with Crippen molar-refractivity contribution in [1.82, 2.24) is 0 Å². The molecule has 0 fully saturated rings. The zero-order valence-electron chi connectivity index (χ0n) is 53.9. The largest absolute Gasteiger partial charge is 0.462 e. The molecule has 0 aromatic carbocycles. The maximum absolute atomic E-state index is 12.9. The maximum Gasteiger partial charge on any atom is 0.306 e. The van der Waals surface area contributed by atoms with E-state index in [0.29, 0.717) is 19.3 Å². The number of carbonyl (C=O) groups excluding carboxylic acids is 3. The number of hydrogen-bond donors (Lipinski definition) is 0. The van der Waals surface area contributed by atoms with Gasteiger partial charge >= 0.3 is 17.9 Å². The molecule has 0 amide bonds. The normalized spacial score (nSPS) is 13.0. The first-order valence-electron chi connectivity index (χ1n) is 34.3. The molecule has 0 radical (unpaired) electrons. The number of rotatable bonds is 61. The molecule has 83 heavy (non-hydrogen) atoms. The van der Waals surface area contributed by atoms with Gasteiger partial charge in [0.15, 0.2) is 6.10 Å². The van der Waals surface area contributed by atoms with E-state index in [0.717, 1.165) is 141 Å². The third-order valence-electron chi connectivity index (χ3n) is 14.3. The van der Waals surface area contributed by atoms with E-state index in [9.17, 15) is 14.4 Å². The van der Waals surface area contributed by atoms with E-state index in [1.54, 1.807) is 0 Å². The Bertz CT molecular complexity index is 1800. The first-order chi connectivity index (χ1) is 41.0. The van der Waals surface area contributed by atoms with Crippen LogP contribution in [0.4, 0.5) is 0 Å². The second-order valence-corrected chi connectivity index (χ2v) is 22.3. The fourth-order valence-electron chi connectivity index (χ4n) is 9.27. The van der Waals surface area contributed by atoms with Gasteiger partial charge in [0.05, 0.1) is 0 Å². The average molecular weight is 1150 g/mol. The van der Waals surface area contributed by atoms with Gasteiger partial charge in [0.2, 0.25) is 0 Å². The zero-order valence-corrected chi connectivity index (χ0v) is 53.9. The number of ether oxygens (including phenoxy) is 3. The highest BCUT2D eigenvalue weighted by Crippen LogP contribution is 2.16. The summed E-state index contributed by atoms with van der Waals surface area (Å²) in [5.41, 5.74) is 0. The van der Waals surface area contributed by atoms with Gasteiger partial charge in [-0.15, -0.1) is 0 Å². The molecule has 0 rings (SSSR count). The van der Waals surface area contributed by atoms with Gasteiger partial charge < -0.3 is 14.2 Å². The lowest BCUT2D eigenvalue weighted by atomic mass is 10.0. The van der Waals surface area contributed by atoms with Crippen molar-refractivity contribution < 1.29 is 28.6 Å². The van der Waals surface area contributed by atoms with Crippen molar-refractivity contribution in [2.24, 2.45) is 0 Å². The van der Waals surface area contributed by atoms with Crippen molar-refractivity contribution in [1.29, 1.82) is 0 Å². The van der Waals surface area contributed by atoms with E-state index in [2.05, 4.69) is 167 Å². The van der Waals surface area contributed by atoms with Crippen LogP contribution >= 0.6 is 0 Å². The van der Waals surface area contributed by atoms with E-state index in [1.807, 2.05) is 0 Å². The molecule has 0 heterocycles. The van der Waals surface area contributed by atoms with Crippen LogP contribution < -0.4 is 0 Å². The smallest absolute Gasteiger partial charge is 0.306 e. The number of esters is 3. The summed E-state index contributed by atoms with van der Waals surface area (Å²) in [6.45, 7) is 6.38. The summed E-state index contributed by atoms with van der Waals surface area (Å²) in [5, 5.41) is 0. The fraction of sp³-hybridized carbons (Fsp3) is 0.649. The quantitative estimate of drug-likeness (QED) is 0.0261. The summed E-state index contributed by atoms with van der Waals surface area (Å²) in [5.74, 6) is -0.897. The summed E-state index contributed by atoms with van der Waals surface area (Å²) >= 11 is 0. The number of hydrogen-bond acceptors (Lipinski definition) is 6. The van der Waals surface area contributed by atoms with Crippen molar-refractivity contribution in [3.05, 3.63) is 146 Å². The second-order valence-electron chi connectivity index (χ2n) is 22.3. The molecule has 0 spiro atoms. The molecule has 470 valence electrons. The monoisotopic (exact) mass is 1150 g/mol. The van der Waals surface area contributed by atoms with Gasteiger partial charge in [0, 0.05) is 19.3 Å². The lowest BCUT2D eigenvalue weighted by Crippen LogP contribution is -2.30. The standard InChI is InChI=1S/C77H126O6/c1-4-7-10-13-16-18-20-22-24-26-28-30-32-34-35-36-37-38-39-40-41-43-44-46-48-50-52-54-56-58-61-64-67-70-76(79)82-73-74(72-81-75(78)69-66-63-60-15-12-9-6-3)83-77(80)71-68-65-62-59-57-55-53-51-49-47-45-42-33-31-29-27-25-23-21-19-17-14-11-8-5-2/h7-8,10-11,16-19,22-25,28-31,34-35,37-38,40-41,44,46,74H,4-6,9,12-15,20-21,26-27,32-33,36,39,42-43,45,47-73H2,1-3H3/b10-7-,11-8-,18-16-,19-17-,24-22-,25-23-,30-28-,31-29-,35-34-,38-37-,41-40-,46-44-. The Kier molecular flexibility index (Phi) is 65.8. The maximum atomic E-state index is 12.9. The lowest BCUT2D eigenvalue weighted by molar-refractivity contribution is -0.167. The Morgan fingerprint density at radius 1 is 0.253 bits per heavy atom. The van der Waals surface area contributed by atoms with Crippen LogP contribution in [0.3, 0.4) is 0 Å². The lowest BCUT2D eigenvalue weighted by Gasteiger charge is -2.18. The Hall–Kier alpha value is -4.71. The molecule has 0 aromatic rings. The molecule has 0 aliphatic rings. The van der Waals surface area contributed by atoms with Gasteiger partial charge in [-0.1, -0.05) is 308 Å². The van der Waals surface area contributed by atoms with E-state index in [4.69, 9.17) is 14.2 Å². The minimum Gasteiger partial charge on any atom is -0.462 e. The van der Waals surface area contributed by atoms with Crippen molar-refractivity contribution in [2.75, 3.05) is 13.2 Å². The van der Waals surface area contributed by atoms with E-state index >= 15 is 0 Å². The number of unbranched alkanes of at least 4 members (excludes halogenated alkanes) is 26. The van der Waals surface area contributed by atoms with E-state index < -0.39 is 6.10 Å². The minimum absolute atomic E-state index is 0.0830. The Morgan fingerprint density at radius 2 is 0.470 bits per heavy atom. The topological polar surface area (TPSA) is 78.9 Å². The van der Waals surface area contributed by atoms with E-state index in [1.165, 1.54) is 122 Å². The van der Waals surface area contributed by atoms with Crippen molar-refractivity contribution in [2.45, 2.75) is 309 Å². The fourth-order valence-corrected chi connectivity index (χ4v) is 9.27. The van der Waals surface area contributed by atoms with Gasteiger partial charge in [-0.3, -0.25) is 14.4 Å².